The third-order valence-corrected chi connectivity index (χ3v) is 2.83. The molecule has 0 saturated carbocycles. The maximum absolute atomic E-state index is 12.5. The Hall–Kier alpha value is -2.28. The van der Waals surface area contributed by atoms with Gasteiger partial charge in [0.25, 0.3) is 0 Å². The second kappa shape index (κ2) is 5.61. The van der Waals surface area contributed by atoms with E-state index in [1.165, 1.54) is 18.2 Å². The van der Waals surface area contributed by atoms with Crippen molar-refractivity contribution in [3.63, 3.8) is 0 Å². The van der Waals surface area contributed by atoms with Crippen LogP contribution in [0.2, 0.25) is 5.02 Å². The molecule has 2 rings (SSSR count). The van der Waals surface area contributed by atoms with Gasteiger partial charge >= 0.3 is 12.1 Å². The molecule has 0 unspecified atom stereocenters. The van der Waals surface area contributed by atoms with Crippen LogP contribution >= 0.6 is 11.6 Å². The molecule has 0 spiro atoms. The second-order valence-corrected chi connectivity index (χ2v) is 4.47. The summed E-state index contributed by atoms with van der Waals surface area (Å²) < 4.78 is 37.5. The van der Waals surface area contributed by atoms with Gasteiger partial charge in [-0.15, -0.1) is 0 Å². The number of alkyl halides is 3. The predicted octanol–water partition coefficient (Wildman–Crippen LogP) is 4.20. The van der Waals surface area contributed by atoms with E-state index < -0.39 is 17.7 Å². The van der Waals surface area contributed by atoms with Gasteiger partial charge in [0.1, 0.15) is 5.82 Å². The molecule has 1 aromatic heterocycles. The normalized spacial score (nSPS) is 11.2. The van der Waals surface area contributed by atoms with E-state index in [1.54, 1.807) is 6.07 Å². The lowest BCUT2D eigenvalue weighted by molar-refractivity contribution is -0.137. The first-order valence-electron chi connectivity index (χ1n) is 5.60. The van der Waals surface area contributed by atoms with E-state index in [-0.39, 0.29) is 16.4 Å². The van der Waals surface area contributed by atoms with E-state index in [1.807, 2.05) is 0 Å². The SMILES string of the molecule is O=C(O)c1cccc(Nc2ncc(C(F)(F)F)cc2Cl)c1. The van der Waals surface area contributed by atoms with E-state index in [4.69, 9.17) is 16.7 Å². The molecule has 2 N–H and O–H groups in total. The number of aromatic carboxylic acids is 1. The number of rotatable bonds is 3. The van der Waals surface area contributed by atoms with Crippen molar-refractivity contribution in [2.45, 2.75) is 6.18 Å². The quantitative estimate of drug-likeness (QED) is 0.891. The topological polar surface area (TPSA) is 62.2 Å². The van der Waals surface area contributed by atoms with Crippen LogP contribution in [-0.2, 0) is 6.18 Å². The van der Waals surface area contributed by atoms with Crippen LogP contribution in [0.5, 0.6) is 0 Å². The minimum atomic E-state index is -4.53. The second-order valence-electron chi connectivity index (χ2n) is 4.06. The minimum Gasteiger partial charge on any atom is -0.478 e. The molecule has 0 fully saturated rings. The van der Waals surface area contributed by atoms with Crippen LogP contribution in [0, 0.1) is 0 Å². The molecular weight excluding hydrogens is 309 g/mol. The molecule has 0 aliphatic heterocycles. The number of carboxylic acids is 1. The summed E-state index contributed by atoms with van der Waals surface area (Å²) in [5.74, 6) is -1.11. The molecular formula is C13H8ClF3N2O2. The Labute approximate surface area is 122 Å². The van der Waals surface area contributed by atoms with E-state index in [0.717, 1.165) is 6.07 Å². The van der Waals surface area contributed by atoms with Gasteiger partial charge in [-0.1, -0.05) is 17.7 Å². The highest BCUT2D eigenvalue weighted by Crippen LogP contribution is 2.33. The number of carbonyl (C=O) groups is 1. The molecule has 0 atom stereocenters. The number of hydrogen-bond acceptors (Lipinski definition) is 3. The number of nitrogens with zero attached hydrogens (tertiary/aromatic N) is 1. The number of aromatic nitrogens is 1. The van der Waals surface area contributed by atoms with Crippen LogP contribution in [0.3, 0.4) is 0 Å². The standard InChI is InChI=1S/C13H8ClF3N2O2/c14-10-5-8(13(15,16)17)6-18-11(10)19-9-3-1-2-7(4-9)12(20)21/h1-6H,(H,18,19)(H,20,21). The van der Waals surface area contributed by atoms with Gasteiger partial charge in [0, 0.05) is 11.9 Å². The van der Waals surface area contributed by atoms with Crippen molar-refractivity contribution in [1.82, 2.24) is 4.98 Å². The van der Waals surface area contributed by atoms with Crippen molar-refractivity contribution in [1.29, 1.82) is 0 Å². The number of hydrogen-bond donors (Lipinski definition) is 2. The molecule has 8 heteroatoms. The van der Waals surface area contributed by atoms with Crippen molar-refractivity contribution < 1.29 is 23.1 Å². The maximum atomic E-state index is 12.5. The Bertz CT molecular complexity index is 689. The lowest BCUT2D eigenvalue weighted by Gasteiger charge is -2.11. The molecule has 21 heavy (non-hydrogen) atoms. The summed E-state index contributed by atoms with van der Waals surface area (Å²) in [6.07, 6.45) is -3.88. The molecule has 1 heterocycles. The molecule has 0 bridgehead atoms. The average Bonchev–Trinajstić information content (AvgIpc) is 2.40. The van der Waals surface area contributed by atoms with Gasteiger partial charge in [-0.25, -0.2) is 9.78 Å². The van der Waals surface area contributed by atoms with Gasteiger partial charge in [-0.05, 0) is 24.3 Å². The molecule has 0 radical (unpaired) electrons. The average molecular weight is 317 g/mol. The molecule has 0 aliphatic rings. The largest absolute Gasteiger partial charge is 0.478 e. The van der Waals surface area contributed by atoms with E-state index >= 15 is 0 Å². The zero-order valence-electron chi connectivity index (χ0n) is 10.3. The summed E-state index contributed by atoms with van der Waals surface area (Å²) in [7, 11) is 0. The van der Waals surface area contributed by atoms with Crippen LogP contribution in [0.15, 0.2) is 36.5 Å². The molecule has 0 saturated heterocycles. The Morgan fingerprint density at radius 3 is 2.57 bits per heavy atom. The minimum absolute atomic E-state index is 0.00667. The Morgan fingerprint density at radius 1 is 1.29 bits per heavy atom. The number of carboxylic acid groups (broad SMARTS) is 1. The molecule has 2 aromatic rings. The van der Waals surface area contributed by atoms with Crippen molar-refractivity contribution in [2.75, 3.05) is 5.32 Å². The first-order chi connectivity index (χ1) is 9.77. The van der Waals surface area contributed by atoms with Crippen LogP contribution in [0.25, 0.3) is 0 Å². The van der Waals surface area contributed by atoms with E-state index in [0.29, 0.717) is 11.9 Å². The highest BCUT2D eigenvalue weighted by atomic mass is 35.5. The summed E-state index contributed by atoms with van der Waals surface area (Å²) in [4.78, 5) is 14.4. The predicted molar refractivity (Wildman–Crippen MR) is 70.9 cm³/mol. The van der Waals surface area contributed by atoms with E-state index in [9.17, 15) is 18.0 Å². The zero-order valence-corrected chi connectivity index (χ0v) is 11.0. The molecule has 1 aromatic carbocycles. The first kappa shape index (κ1) is 15.1. The highest BCUT2D eigenvalue weighted by molar-refractivity contribution is 6.33. The first-order valence-corrected chi connectivity index (χ1v) is 5.98. The molecule has 0 aliphatic carbocycles. The lowest BCUT2D eigenvalue weighted by atomic mass is 10.2. The zero-order chi connectivity index (χ0) is 15.6. The smallest absolute Gasteiger partial charge is 0.417 e. The fraction of sp³-hybridized carbons (Fsp3) is 0.0769. The van der Waals surface area contributed by atoms with Gasteiger partial charge in [0.2, 0.25) is 0 Å². The van der Waals surface area contributed by atoms with Crippen molar-refractivity contribution >= 4 is 29.1 Å². The van der Waals surface area contributed by atoms with Crippen molar-refractivity contribution in [3.05, 3.63) is 52.7 Å². The van der Waals surface area contributed by atoms with Crippen LogP contribution in [0.4, 0.5) is 24.7 Å². The van der Waals surface area contributed by atoms with Crippen molar-refractivity contribution in [2.24, 2.45) is 0 Å². The van der Waals surface area contributed by atoms with Gasteiger partial charge in [-0.2, -0.15) is 13.2 Å². The van der Waals surface area contributed by atoms with Gasteiger partial charge < -0.3 is 10.4 Å². The lowest BCUT2D eigenvalue weighted by Crippen LogP contribution is -2.06. The maximum Gasteiger partial charge on any atom is 0.417 e. The summed E-state index contributed by atoms with van der Waals surface area (Å²) in [6, 6.07) is 6.48. The molecule has 0 amide bonds. The number of anilines is 2. The number of halogens is 4. The van der Waals surface area contributed by atoms with Gasteiger partial charge in [-0.3, -0.25) is 0 Å². The Balaban J connectivity index is 2.28. The molecule has 110 valence electrons. The number of benzene rings is 1. The van der Waals surface area contributed by atoms with Crippen LogP contribution in [0.1, 0.15) is 15.9 Å². The van der Waals surface area contributed by atoms with Gasteiger partial charge in [0.05, 0.1) is 16.1 Å². The number of nitrogens with one attached hydrogen (secondary N) is 1. The van der Waals surface area contributed by atoms with E-state index in [2.05, 4.69) is 10.3 Å². The number of pyridine rings is 1. The van der Waals surface area contributed by atoms with Crippen LogP contribution < -0.4 is 5.32 Å². The summed E-state index contributed by atoms with van der Waals surface area (Å²) in [6.45, 7) is 0. The summed E-state index contributed by atoms with van der Waals surface area (Å²) >= 11 is 5.75. The third kappa shape index (κ3) is 3.63. The monoisotopic (exact) mass is 316 g/mol. The molecule has 4 nitrogen and oxygen atoms in total. The summed E-state index contributed by atoms with van der Waals surface area (Å²) in [5.41, 5.74) is -0.579. The van der Waals surface area contributed by atoms with Crippen molar-refractivity contribution in [3.8, 4) is 0 Å². The fourth-order valence-corrected chi connectivity index (χ4v) is 1.77. The Morgan fingerprint density at radius 2 is 2.00 bits per heavy atom. The van der Waals surface area contributed by atoms with Crippen LogP contribution in [-0.4, -0.2) is 16.1 Å². The Kier molecular flexibility index (Phi) is 4.04. The summed E-state index contributed by atoms with van der Waals surface area (Å²) in [5, 5.41) is 11.3. The third-order valence-electron chi connectivity index (χ3n) is 2.54. The highest BCUT2D eigenvalue weighted by Gasteiger charge is 2.31. The fourth-order valence-electron chi connectivity index (χ4n) is 1.55. The van der Waals surface area contributed by atoms with Gasteiger partial charge in [0.15, 0.2) is 0 Å².